The minimum atomic E-state index is -3.68. The van der Waals surface area contributed by atoms with Crippen molar-refractivity contribution in [1.82, 2.24) is 4.90 Å². The van der Waals surface area contributed by atoms with Gasteiger partial charge in [-0.15, -0.1) is 0 Å². The number of rotatable bonds is 7. The first kappa shape index (κ1) is 19.8. The topological polar surface area (TPSA) is 63.7 Å². The second-order valence-corrected chi connectivity index (χ2v) is 7.85. The maximum Gasteiger partial charge on any atom is 0.223 e. The number of hydrogen-bond donors (Lipinski definition) is 0. The van der Waals surface area contributed by atoms with Crippen molar-refractivity contribution in [3.8, 4) is 5.75 Å². The molecule has 2 aromatic carbocycles. The molecule has 2 rings (SSSR count). The van der Waals surface area contributed by atoms with Crippen molar-refractivity contribution in [2.45, 2.75) is 17.9 Å². The molecular weight excluding hydrogens is 364 g/mol. The van der Waals surface area contributed by atoms with E-state index in [0.717, 1.165) is 12.1 Å². The van der Waals surface area contributed by atoms with Gasteiger partial charge in [-0.1, -0.05) is 6.07 Å². The molecule has 0 atom stereocenters. The van der Waals surface area contributed by atoms with Crippen molar-refractivity contribution in [3.63, 3.8) is 0 Å². The summed E-state index contributed by atoms with van der Waals surface area (Å²) in [5.74, 6) is -1.75. The number of carbonyl (C=O) groups is 1. The summed E-state index contributed by atoms with van der Waals surface area (Å²) in [6.07, 6.45) is -0.227. The summed E-state index contributed by atoms with van der Waals surface area (Å²) in [6, 6.07) is 8.79. The molecule has 0 spiro atoms. The van der Waals surface area contributed by atoms with Crippen LogP contribution in [0.3, 0.4) is 0 Å². The third-order valence-electron chi connectivity index (χ3n) is 3.82. The number of sulfone groups is 1. The van der Waals surface area contributed by atoms with Gasteiger partial charge < -0.3 is 9.64 Å². The lowest BCUT2D eigenvalue weighted by molar-refractivity contribution is -0.130. The number of carbonyl (C=O) groups excluding carboxylic acids is 1. The molecule has 0 radical (unpaired) electrons. The van der Waals surface area contributed by atoms with Gasteiger partial charge >= 0.3 is 0 Å². The molecule has 0 aliphatic heterocycles. The Morgan fingerprint density at radius 3 is 2.35 bits per heavy atom. The molecule has 1 amide bonds. The smallest absolute Gasteiger partial charge is 0.223 e. The Morgan fingerprint density at radius 2 is 1.77 bits per heavy atom. The molecule has 0 N–H and O–H groups in total. The molecule has 0 aromatic heterocycles. The maximum absolute atomic E-state index is 13.7. The quantitative estimate of drug-likeness (QED) is 0.690. The van der Waals surface area contributed by atoms with Crippen LogP contribution < -0.4 is 4.74 Å². The van der Waals surface area contributed by atoms with Crippen LogP contribution in [0.15, 0.2) is 47.4 Å². The van der Waals surface area contributed by atoms with Gasteiger partial charge in [0.25, 0.3) is 0 Å². The highest BCUT2D eigenvalue weighted by atomic mass is 32.2. The monoisotopic (exact) mass is 383 g/mol. The van der Waals surface area contributed by atoms with Gasteiger partial charge in [-0.3, -0.25) is 4.79 Å². The molecule has 0 unspecified atom stereocenters. The number of benzene rings is 2. The fourth-order valence-corrected chi connectivity index (χ4v) is 3.57. The Bertz CT molecular complexity index is 883. The summed E-state index contributed by atoms with van der Waals surface area (Å²) in [7, 11) is -0.820. The first-order valence-corrected chi connectivity index (χ1v) is 9.43. The lowest BCUT2D eigenvalue weighted by Crippen LogP contribution is -2.28. The maximum atomic E-state index is 13.7. The van der Waals surface area contributed by atoms with Crippen LogP contribution in [0.1, 0.15) is 12.0 Å². The van der Waals surface area contributed by atoms with E-state index in [2.05, 4.69) is 0 Å². The third-order valence-corrected chi connectivity index (χ3v) is 5.55. The largest absolute Gasteiger partial charge is 0.494 e. The Kier molecular flexibility index (Phi) is 6.31. The van der Waals surface area contributed by atoms with Gasteiger partial charge in [-0.25, -0.2) is 17.2 Å². The van der Waals surface area contributed by atoms with E-state index in [1.54, 1.807) is 6.07 Å². The average Bonchev–Trinajstić information content (AvgIpc) is 2.60. The summed E-state index contributed by atoms with van der Waals surface area (Å²) in [5, 5.41) is 0. The van der Waals surface area contributed by atoms with Crippen molar-refractivity contribution in [3.05, 3.63) is 59.7 Å². The van der Waals surface area contributed by atoms with Crippen LogP contribution in [-0.2, 0) is 21.2 Å². The molecule has 0 heterocycles. The number of nitrogens with zero attached hydrogens (tertiary/aromatic N) is 1. The fourth-order valence-electron chi connectivity index (χ4n) is 2.34. The van der Waals surface area contributed by atoms with E-state index in [9.17, 15) is 22.0 Å². The molecule has 26 heavy (non-hydrogen) atoms. The third kappa shape index (κ3) is 5.01. The second-order valence-electron chi connectivity index (χ2n) is 5.74. The van der Waals surface area contributed by atoms with Gasteiger partial charge in [0, 0.05) is 20.0 Å². The predicted molar refractivity (Wildman–Crippen MR) is 92.5 cm³/mol. The SMILES string of the molecule is COc1ccc(CN(C)C(=O)CCS(=O)(=O)c2ccc(F)cc2)cc1F. The van der Waals surface area contributed by atoms with Gasteiger partial charge in [0.2, 0.25) is 5.91 Å². The molecular formula is C18H19F2NO4S. The van der Waals surface area contributed by atoms with Crippen LogP contribution in [-0.4, -0.2) is 39.1 Å². The Balaban J connectivity index is 1.96. The molecule has 0 aliphatic carbocycles. The molecule has 0 aliphatic rings. The summed E-state index contributed by atoms with van der Waals surface area (Å²) < 4.78 is 55.8. The first-order valence-electron chi connectivity index (χ1n) is 7.77. The van der Waals surface area contributed by atoms with Crippen molar-refractivity contribution in [1.29, 1.82) is 0 Å². The zero-order valence-corrected chi connectivity index (χ0v) is 15.2. The fraction of sp³-hybridized carbons (Fsp3) is 0.278. The van der Waals surface area contributed by atoms with Crippen LogP contribution in [0.4, 0.5) is 8.78 Å². The zero-order chi connectivity index (χ0) is 19.3. The minimum absolute atomic E-state index is 0.0356. The molecule has 0 saturated heterocycles. The summed E-state index contributed by atoms with van der Waals surface area (Å²) >= 11 is 0. The highest BCUT2D eigenvalue weighted by molar-refractivity contribution is 7.91. The highest BCUT2D eigenvalue weighted by Crippen LogP contribution is 2.19. The minimum Gasteiger partial charge on any atom is -0.494 e. The van der Waals surface area contributed by atoms with E-state index in [0.29, 0.717) is 5.56 Å². The second kappa shape index (κ2) is 8.27. The van der Waals surface area contributed by atoms with Gasteiger partial charge in [0.15, 0.2) is 21.4 Å². The lowest BCUT2D eigenvalue weighted by Gasteiger charge is -2.17. The van der Waals surface area contributed by atoms with Crippen LogP contribution in [0, 0.1) is 11.6 Å². The molecule has 0 fully saturated rings. The van der Waals surface area contributed by atoms with Crippen molar-refractivity contribution in [2.24, 2.45) is 0 Å². The van der Waals surface area contributed by atoms with Crippen molar-refractivity contribution >= 4 is 15.7 Å². The Morgan fingerprint density at radius 1 is 1.12 bits per heavy atom. The van der Waals surface area contributed by atoms with Crippen LogP contribution in [0.2, 0.25) is 0 Å². The van der Waals surface area contributed by atoms with Crippen molar-refractivity contribution in [2.75, 3.05) is 19.9 Å². The van der Waals surface area contributed by atoms with E-state index in [-0.39, 0.29) is 23.6 Å². The normalized spacial score (nSPS) is 11.2. The molecule has 0 saturated carbocycles. The first-order chi connectivity index (χ1) is 12.2. The molecule has 140 valence electrons. The summed E-state index contributed by atoms with van der Waals surface area (Å²) in [6.45, 7) is 0.135. The van der Waals surface area contributed by atoms with E-state index >= 15 is 0 Å². The van der Waals surface area contributed by atoms with Gasteiger partial charge in [0.1, 0.15) is 5.82 Å². The van der Waals surface area contributed by atoms with Crippen LogP contribution >= 0.6 is 0 Å². The molecule has 5 nitrogen and oxygen atoms in total. The average molecular weight is 383 g/mol. The lowest BCUT2D eigenvalue weighted by atomic mass is 10.2. The van der Waals surface area contributed by atoms with Gasteiger partial charge in [0.05, 0.1) is 17.8 Å². The standard InChI is InChI=1S/C18H19F2NO4S/c1-21(12-13-3-8-17(25-2)16(20)11-13)18(22)9-10-26(23,24)15-6-4-14(19)5-7-15/h3-8,11H,9-10,12H2,1-2H3. The van der Waals surface area contributed by atoms with Crippen molar-refractivity contribution < 1.29 is 26.7 Å². The number of halogens is 2. The van der Waals surface area contributed by atoms with Crippen LogP contribution in [0.25, 0.3) is 0 Å². The van der Waals surface area contributed by atoms with Gasteiger partial charge in [-0.2, -0.15) is 0 Å². The number of hydrogen-bond acceptors (Lipinski definition) is 4. The summed E-state index contributed by atoms with van der Waals surface area (Å²) in [5.41, 5.74) is 0.556. The van der Waals surface area contributed by atoms with E-state index in [4.69, 9.17) is 4.74 Å². The number of methoxy groups -OCH3 is 1. The number of ether oxygens (including phenoxy) is 1. The zero-order valence-electron chi connectivity index (χ0n) is 14.4. The number of amides is 1. The molecule has 8 heteroatoms. The summed E-state index contributed by atoms with van der Waals surface area (Å²) in [4.78, 5) is 13.5. The highest BCUT2D eigenvalue weighted by Gasteiger charge is 2.18. The van der Waals surface area contributed by atoms with E-state index in [1.165, 1.54) is 43.3 Å². The van der Waals surface area contributed by atoms with E-state index in [1.807, 2.05) is 0 Å². The van der Waals surface area contributed by atoms with Gasteiger partial charge in [-0.05, 0) is 42.0 Å². The Labute approximate surface area is 151 Å². The van der Waals surface area contributed by atoms with Crippen LogP contribution in [0.5, 0.6) is 5.75 Å². The van der Waals surface area contributed by atoms with E-state index < -0.39 is 33.1 Å². The Hall–Kier alpha value is -2.48. The molecule has 0 bridgehead atoms. The predicted octanol–water partition coefficient (Wildman–Crippen LogP) is 2.80. The molecule has 2 aromatic rings.